The Bertz CT molecular complexity index is 358. The first kappa shape index (κ1) is 11.2. The third kappa shape index (κ3) is 2.65. The molecule has 15 heavy (non-hydrogen) atoms. The predicted octanol–water partition coefficient (Wildman–Crippen LogP) is 3.43. The van der Waals surface area contributed by atoms with Gasteiger partial charge in [0.2, 0.25) is 0 Å². The summed E-state index contributed by atoms with van der Waals surface area (Å²) in [4.78, 5) is 0. The zero-order chi connectivity index (χ0) is 10.8. The van der Waals surface area contributed by atoms with Crippen molar-refractivity contribution in [2.75, 3.05) is 5.32 Å². The molecule has 2 nitrogen and oxygen atoms in total. The van der Waals surface area contributed by atoms with E-state index < -0.39 is 0 Å². The molecule has 0 radical (unpaired) electrons. The summed E-state index contributed by atoms with van der Waals surface area (Å²) in [5.74, 6) is 0. The highest BCUT2D eigenvalue weighted by Gasteiger charge is 2.25. The number of rotatable bonds is 2. The third-order valence-corrected chi connectivity index (χ3v) is 3.68. The van der Waals surface area contributed by atoms with Gasteiger partial charge in [0.15, 0.2) is 0 Å². The van der Waals surface area contributed by atoms with Gasteiger partial charge in [-0.1, -0.05) is 11.6 Å². The number of aliphatic hydroxyl groups is 1. The Balaban J connectivity index is 2.12. The lowest BCUT2D eigenvalue weighted by molar-refractivity contribution is 0.172. The van der Waals surface area contributed by atoms with Crippen LogP contribution in [0.15, 0.2) is 22.7 Å². The van der Waals surface area contributed by atoms with Gasteiger partial charge in [-0.15, -0.1) is 0 Å². The summed E-state index contributed by atoms with van der Waals surface area (Å²) in [7, 11) is 0. The molecule has 0 aromatic heterocycles. The normalized spacial score (nSPS) is 25.5. The summed E-state index contributed by atoms with van der Waals surface area (Å²) in [5, 5.41) is 13.7. The van der Waals surface area contributed by atoms with Crippen LogP contribution in [0.5, 0.6) is 0 Å². The fourth-order valence-electron chi connectivity index (χ4n) is 1.92. The van der Waals surface area contributed by atoms with Gasteiger partial charge in [-0.3, -0.25) is 0 Å². The van der Waals surface area contributed by atoms with Gasteiger partial charge in [-0.05, 0) is 53.4 Å². The van der Waals surface area contributed by atoms with Crippen molar-refractivity contribution in [3.8, 4) is 0 Å². The van der Waals surface area contributed by atoms with E-state index in [1.807, 2.05) is 18.2 Å². The fraction of sp³-hybridized carbons (Fsp3) is 0.455. The molecule has 2 rings (SSSR count). The van der Waals surface area contributed by atoms with Crippen LogP contribution >= 0.6 is 27.5 Å². The summed E-state index contributed by atoms with van der Waals surface area (Å²) >= 11 is 9.37. The van der Waals surface area contributed by atoms with Gasteiger partial charge in [0.1, 0.15) is 0 Å². The van der Waals surface area contributed by atoms with Crippen LogP contribution in [0.1, 0.15) is 19.3 Å². The molecule has 0 saturated heterocycles. The van der Waals surface area contributed by atoms with Gasteiger partial charge in [0.05, 0.1) is 17.8 Å². The molecule has 4 heteroatoms. The molecule has 0 aliphatic heterocycles. The minimum atomic E-state index is -0.240. The Morgan fingerprint density at radius 1 is 1.40 bits per heavy atom. The zero-order valence-electron chi connectivity index (χ0n) is 8.21. The molecular weight excluding hydrogens is 277 g/mol. The maximum Gasteiger partial charge on any atom is 0.0741 e. The van der Waals surface area contributed by atoms with Gasteiger partial charge in [0, 0.05) is 9.50 Å². The number of nitrogens with one attached hydrogen (secondary N) is 1. The van der Waals surface area contributed by atoms with Crippen molar-refractivity contribution in [1.29, 1.82) is 0 Å². The molecule has 1 aliphatic carbocycles. The molecule has 0 amide bonds. The third-order valence-electron chi connectivity index (χ3n) is 2.75. The minimum absolute atomic E-state index is 0.153. The standard InChI is InChI=1S/C11H13BrClNO/c12-8-5-4-7(13)6-10(8)14-9-2-1-3-11(9)15/h4-6,9,11,14-15H,1-3H2/t9-,11-/m0/s1. The molecule has 1 aliphatic rings. The number of benzene rings is 1. The van der Waals surface area contributed by atoms with Crippen LogP contribution in [-0.2, 0) is 0 Å². The number of halogens is 2. The second-order valence-electron chi connectivity index (χ2n) is 3.87. The smallest absolute Gasteiger partial charge is 0.0741 e. The molecule has 0 heterocycles. The van der Waals surface area contributed by atoms with E-state index in [0.29, 0.717) is 5.02 Å². The molecule has 0 spiro atoms. The first-order chi connectivity index (χ1) is 7.16. The Morgan fingerprint density at radius 3 is 2.87 bits per heavy atom. The van der Waals surface area contributed by atoms with E-state index in [9.17, 15) is 5.11 Å². The van der Waals surface area contributed by atoms with E-state index >= 15 is 0 Å². The Kier molecular flexibility index (Phi) is 3.54. The highest BCUT2D eigenvalue weighted by Crippen LogP contribution is 2.29. The van der Waals surface area contributed by atoms with Gasteiger partial charge in [-0.2, -0.15) is 0 Å². The van der Waals surface area contributed by atoms with Crippen LogP contribution in [0.4, 0.5) is 5.69 Å². The second-order valence-corrected chi connectivity index (χ2v) is 5.16. The Morgan fingerprint density at radius 2 is 2.20 bits per heavy atom. The van der Waals surface area contributed by atoms with Gasteiger partial charge in [0.25, 0.3) is 0 Å². The summed E-state index contributed by atoms with van der Waals surface area (Å²) < 4.78 is 0.978. The number of anilines is 1. The molecule has 2 atom stereocenters. The molecule has 1 saturated carbocycles. The first-order valence-electron chi connectivity index (χ1n) is 5.06. The lowest BCUT2D eigenvalue weighted by Crippen LogP contribution is -2.27. The summed E-state index contributed by atoms with van der Waals surface area (Å²) in [6.45, 7) is 0. The molecule has 82 valence electrons. The monoisotopic (exact) mass is 289 g/mol. The predicted molar refractivity (Wildman–Crippen MR) is 66.4 cm³/mol. The fourth-order valence-corrected chi connectivity index (χ4v) is 2.45. The highest BCUT2D eigenvalue weighted by atomic mass is 79.9. The molecule has 1 aromatic rings. The largest absolute Gasteiger partial charge is 0.391 e. The molecular formula is C11H13BrClNO. The minimum Gasteiger partial charge on any atom is -0.391 e. The van der Waals surface area contributed by atoms with E-state index in [0.717, 1.165) is 29.4 Å². The number of aliphatic hydroxyl groups excluding tert-OH is 1. The van der Waals surface area contributed by atoms with Gasteiger partial charge < -0.3 is 10.4 Å². The van der Waals surface area contributed by atoms with Crippen molar-refractivity contribution in [3.63, 3.8) is 0 Å². The molecule has 0 unspecified atom stereocenters. The van der Waals surface area contributed by atoms with Crippen LogP contribution in [0, 0.1) is 0 Å². The average molecular weight is 291 g/mol. The molecule has 1 fully saturated rings. The maximum atomic E-state index is 9.70. The lowest BCUT2D eigenvalue weighted by Gasteiger charge is -2.18. The van der Waals surface area contributed by atoms with E-state index in [-0.39, 0.29) is 12.1 Å². The number of hydrogen-bond donors (Lipinski definition) is 2. The number of hydrogen-bond acceptors (Lipinski definition) is 2. The van der Waals surface area contributed by atoms with Crippen molar-refractivity contribution in [3.05, 3.63) is 27.7 Å². The van der Waals surface area contributed by atoms with E-state index in [1.54, 1.807) is 0 Å². The van der Waals surface area contributed by atoms with Crippen LogP contribution in [-0.4, -0.2) is 17.3 Å². The average Bonchev–Trinajstić information content (AvgIpc) is 2.58. The Labute approximate surface area is 103 Å². The van der Waals surface area contributed by atoms with E-state index in [1.165, 1.54) is 0 Å². The quantitative estimate of drug-likeness (QED) is 0.874. The maximum absolute atomic E-state index is 9.70. The first-order valence-corrected chi connectivity index (χ1v) is 6.23. The second kappa shape index (κ2) is 4.73. The van der Waals surface area contributed by atoms with Gasteiger partial charge in [-0.25, -0.2) is 0 Å². The van der Waals surface area contributed by atoms with Crippen molar-refractivity contribution in [2.24, 2.45) is 0 Å². The zero-order valence-corrected chi connectivity index (χ0v) is 10.6. The summed E-state index contributed by atoms with van der Waals surface area (Å²) in [6, 6.07) is 5.77. The highest BCUT2D eigenvalue weighted by molar-refractivity contribution is 9.10. The Hall–Kier alpha value is -0.250. The van der Waals surface area contributed by atoms with Crippen LogP contribution in [0.2, 0.25) is 5.02 Å². The van der Waals surface area contributed by atoms with E-state index in [2.05, 4.69) is 21.2 Å². The van der Waals surface area contributed by atoms with Crippen molar-refractivity contribution in [2.45, 2.75) is 31.4 Å². The van der Waals surface area contributed by atoms with Crippen LogP contribution in [0.3, 0.4) is 0 Å². The van der Waals surface area contributed by atoms with Gasteiger partial charge >= 0.3 is 0 Å². The molecule has 0 bridgehead atoms. The van der Waals surface area contributed by atoms with Crippen LogP contribution in [0.25, 0.3) is 0 Å². The van der Waals surface area contributed by atoms with Crippen molar-refractivity contribution < 1.29 is 5.11 Å². The van der Waals surface area contributed by atoms with Crippen molar-refractivity contribution in [1.82, 2.24) is 0 Å². The van der Waals surface area contributed by atoms with Crippen LogP contribution < -0.4 is 5.32 Å². The van der Waals surface area contributed by atoms with Crippen molar-refractivity contribution >= 4 is 33.2 Å². The lowest BCUT2D eigenvalue weighted by atomic mass is 10.2. The SMILES string of the molecule is O[C@H]1CCC[C@@H]1Nc1cc(Cl)ccc1Br. The molecule has 1 aromatic carbocycles. The summed E-state index contributed by atoms with van der Waals surface area (Å²) in [6.07, 6.45) is 2.74. The summed E-state index contributed by atoms with van der Waals surface area (Å²) in [5.41, 5.74) is 0.952. The molecule has 2 N–H and O–H groups in total. The van der Waals surface area contributed by atoms with E-state index in [4.69, 9.17) is 11.6 Å². The topological polar surface area (TPSA) is 32.3 Å².